The van der Waals surface area contributed by atoms with Gasteiger partial charge < -0.3 is 15.0 Å². The third-order valence-electron chi connectivity index (χ3n) is 7.97. The number of aromatic nitrogens is 2. The average Bonchev–Trinajstić information content (AvgIpc) is 3.38. The van der Waals surface area contributed by atoms with Crippen LogP contribution in [0, 0.1) is 6.92 Å². The molecule has 10 heteroatoms. The maximum Gasteiger partial charge on any atom is 0.416 e. The third-order valence-corrected chi connectivity index (χ3v) is 8.41. The van der Waals surface area contributed by atoms with Crippen molar-refractivity contribution in [3.63, 3.8) is 0 Å². The zero-order valence-electron chi connectivity index (χ0n) is 25.4. The van der Waals surface area contributed by atoms with Gasteiger partial charge in [0, 0.05) is 30.3 Å². The van der Waals surface area contributed by atoms with Gasteiger partial charge in [0.15, 0.2) is 0 Å². The second-order valence-corrected chi connectivity index (χ2v) is 11.6. The van der Waals surface area contributed by atoms with Gasteiger partial charge in [0.2, 0.25) is 0 Å². The van der Waals surface area contributed by atoms with Gasteiger partial charge in [0.25, 0.3) is 5.91 Å². The molecule has 0 saturated heterocycles. The van der Waals surface area contributed by atoms with Gasteiger partial charge in [0.1, 0.15) is 5.82 Å². The molecule has 0 bridgehead atoms. The van der Waals surface area contributed by atoms with Crippen molar-refractivity contribution in [2.24, 2.45) is 0 Å². The van der Waals surface area contributed by atoms with Crippen LogP contribution in [0.5, 0.6) is 0 Å². The summed E-state index contributed by atoms with van der Waals surface area (Å²) in [7, 11) is 0. The summed E-state index contributed by atoms with van der Waals surface area (Å²) in [4.78, 5) is 30.1. The minimum Gasteiger partial charge on any atom is -0.478 e. The number of carbonyl (C=O) groups is 2. The van der Waals surface area contributed by atoms with Crippen LogP contribution in [0.15, 0.2) is 84.9 Å². The van der Waals surface area contributed by atoms with Gasteiger partial charge in [-0.3, -0.25) is 4.79 Å². The highest BCUT2D eigenvalue weighted by atomic mass is 32.1. The summed E-state index contributed by atoms with van der Waals surface area (Å²) >= 11 is 4.32. The second-order valence-electron chi connectivity index (χ2n) is 11.3. The average molecular weight is 646 g/mol. The number of rotatable bonds is 11. The number of aryl methyl sites for hydroxylation is 2. The summed E-state index contributed by atoms with van der Waals surface area (Å²) in [5.41, 5.74) is 4.74. The number of hydrogen-bond acceptors (Lipinski definition) is 4. The molecule has 5 rings (SSSR count). The number of carbonyl (C=O) groups excluding carboxylic acids is 1. The number of nitrogens with zero attached hydrogens (tertiary/aromatic N) is 2. The van der Waals surface area contributed by atoms with Crippen LogP contribution in [0.25, 0.3) is 22.2 Å². The van der Waals surface area contributed by atoms with Crippen molar-refractivity contribution in [3.05, 3.63) is 124 Å². The van der Waals surface area contributed by atoms with Crippen LogP contribution in [-0.4, -0.2) is 38.3 Å². The minimum atomic E-state index is -4.50. The molecule has 0 fully saturated rings. The van der Waals surface area contributed by atoms with E-state index in [0.29, 0.717) is 17.7 Å². The van der Waals surface area contributed by atoms with Crippen LogP contribution in [-0.2, 0) is 25.6 Å². The molecule has 0 aliphatic rings. The van der Waals surface area contributed by atoms with E-state index in [9.17, 15) is 27.9 Å². The Morgan fingerprint density at radius 1 is 1.00 bits per heavy atom. The van der Waals surface area contributed by atoms with Gasteiger partial charge in [-0.15, -0.1) is 0 Å². The van der Waals surface area contributed by atoms with Gasteiger partial charge >= 0.3 is 12.1 Å². The molecular weight excluding hydrogens is 611 g/mol. The molecule has 1 heterocycles. The molecule has 0 saturated carbocycles. The van der Waals surface area contributed by atoms with Crippen molar-refractivity contribution in [3.8, 4) is 11.1 Å². The van der Waals surface area contributed by atoms with E-state index in [-0.39, 0.29) is 23.3 Å². The van der Waals surface area contributed by atoms with Gasteiger partial charge in [-0.05, 0) is 71.8 Å². The minimum absolute atomic E-state index is 0.0162. The summed E-state index contributed by atoms with van der Waals surface area (Å²) in [5, 5.41) is 12.5. The fraction of sp³-hybridized carbons (Fsp3) is 0.250. The van der Waals surface area contributed by atoms with Crippen molar-refractivity contribution >= 4 is 35.5 Å². The van der Waals surface area contributed by atoms with E-state index < -0.39 is 29.7 Å². The molecule has 0 aliphatic heterocycles. The summed E-state index contributed by atoms with van der Waals surface area (Å²) < 4.78 is 42.8. The quantitative estimate of drug-likeness (QED) is 0.127. The van der Waals surface area contributed by atoms with Gasteiger partial charge in [-0.1, -0.05) is 67.6 Å². The van der Waals surface area contributed by atoms with E-state index in [0.717, 1.165) is 52.5 Å². The van der Waals surface area contributed by atoms with E-state index in [4.69, 9.17) is 4.98 Å². The monoisotopic (exact) mass is 645 g/mol. The Hall–Kier alpha value is -4.57. The first kappa shape index (κ1) is 32.8. The molecule has 0 spiro atoms. The van der Waals surface area contributed by atoms with Gasteiger partial charge in [-0.25, -0.2) is 9.78 Å². The zero-order valence-corrected chi connectivity index (χ0v) is 26.3. The number of nitrogens with one attached hydrogen (secondary N) is 1. The number of alkyl halides is 3. The Labute approximate surface area is 270 Å². The molecule has 238 valence electrons. The Bertz CT molecular complexity index is 1880. The molecule has 0 radical (unpaired) electrons. The first-order valence-electron chi connectivity index (χ1n) is 15.0. The van der Waals surface area contributed by atoms with Crippen molar-refractivity contribution in [2.45, 2.75) is 51.9 Å². The molecule has 1 unspecified atom stereocenters. The highest BCUT2D eigenvalue weighted by Crippen LogP contribution is 2.33. The number of benzene rings is 4. The standard InChI is InChI=1S/C36H34F3N3O3S/c1-3-8-32-41-33-22(2)17-26(34(43)40-27(21-46)18-25-9-4-7-12-30(25)36(37,38)39)19-31(33)42(32)20-23-13-15-24(16-14-23)28-10-5-6-11-29(28)35(44)45/h4-7,9-17,19,27,46H,3,8,18,20-21H2,1-2H3,(H,40,43)(H,44,45). The fourth-order valence-electron chi connectivity index (χ4n) is 5.73. The number of carboxylic acids is 1. The fourth-order valence-corrected chi connectivity index (χ4v) is 5.95. The molecular formula is C36H34F3N3O3S. The van der Waals surface area contributed by atoms with E-state index in [1.807, 2.05) is 31.2 Å². The predicted octanol–water partition coefficient (Wildman–Crippen LogP) is 8.00. The van der Waals surface area contributed by atoms with Gasteiger partial charge in [-0.2, -0.15) is 25.8 Å². The number of thiol groups is 1. The molecule has 5 aromatic rings. The smallest absolute Gasteiger partial charge is 0.416 e. The maximum atomic E-state index is 13.6. The Balaban J connectivity index is 1.43. The predicted molar refractivity (Wildman–Crippen MR) is 177 cm³/mol. The lowest BCUT2D eigenvalue weighted by atomic mass is 9.98. The van der Waals surface area contributed by atoms with Crippen LogP contribution in [0.2, 0.25) is 0 Å². The lowest BCUT2D eigenvalue weighted by Gasteiger charge is -2.20. The van der Waals surface area contributed by atoms with E-state index in [1.54, 1.807) is 42.5 Å². The SMILES string of the molecule is CCCc1nc2c(C)cc(C(=O)NC(CS)Cc3ccccc3C(F)(F)F)cc2n1Cc1ccc(-c2ccccc2C(=O)O)cc1. The number of aromatic carboxylic acids is 1. The van der Waals surface area contributed by atoms with E-state index in [1.165, 1.54) is 12.1 Å². The lowest BCUT2D eigenvalue weighted by Crippen LogP contribution is -2.38. The zero-order chi connectivity index (χ0) is 33.0. The number of halogens is 3. The lowest BCUT2D eigenvalue weighted by molar-refractivity contribution is -0.138. The molecule has 1 atom stereocenters. The van der Waals surface area contributed by atoms with Crippen LogP contribution in [0.1, 0.15) is 62.1 Å². The molecule has 6 nitrogen and oxygen atoms in total. The van der Waals surface area contributed by atoms with E-state index in [2.05, 4.69) is 29.4 Å². The normalized spacial score (nSPS) is 12.3. The first-order chi connectivity index (χ1) is 22.0. The van der Waals surface area contributed by atoms with Crippen LogP contribution >= 0.6 is 12.6 Å². The van der Waals surface area contributed by atoms with Crippen molar-refractivity contribution < 1.29 is 27.9 Å². The summed E-state index contributed by atoms with van der Waals surface area (Å²) in [6.45, 7) is 4.43. The summed E-state index contributed by atoms with van der Waals surface area (Å²) in [6.07, 6.45) is -2.93. The molecule has 0 aliphatic carbocycles. The van der Waals surface area contributed by atoms with Crippen molar-refractivity contribution in [1.29, 1.82) is 0 Å². The highest BCUT2D eigenvalue weighted by Gasteiger charge is 2.33. The Kier molecular flexibility index (Phi) is 9.86. The molecule has 1 aromatic heterocycles. The Morgan fingerprint density at radius 2 is 1.70 bits per heavy atom. The molecule has 4 aromatic carbocycles. The van der Waals surface area contributed by atoms with E-state index >= 15 is 0 Å². The molecule has 1 amide bonds. The number of fused-ring (bicyclic) bond motifs is 1. The molecule has 46 heavy (non-hydrogen) atoms. The second kappa shape index (κ2) is 13.8. The number of amides is 1. The third kappa shape index (κ3) is 7.12. The number of carboxylic acid groups (broad SMARTS) is 1. The number of imidazole rings is 1. The summed E-state index contributed by atoms with van der Waals surface area (Å²) in [6, 6.07) is 22.8. The summed E-state index contributed by atoms with van der Waals surface area (Å²) in [5.74, 6) is -0.365. The first-order valence-corrected chi connectivity index (χ1v) is 15.6. The Morgan fingerprint density at radius 3 is 2.37 bits per heavy atom. The highest BCUT2D eigenvalue weighted by molar-refractivity contribution is 7.80. The number of hydrogen-bond donors (Lipinski definition) is 3. The topological polar surface area (TPSA) is 84.2 Å². The van der Waals surface area contributed by atoms with Crippen molar-refractivity contribution in [2.75, 3.05) is 5.75 Å². The maximum absolute atomic E-state index is 13.6. The van der Waals surface area contributed by atoms with Gasteiger partial charge in [0.05, 0.1) is 22.2 Å². The molecule has 2 N–H and O–H groups in total. The van der Waals surface area contributed by atoms with Crippen LogP contribution < -0.4 is 5.32 Å². The van der Waals surface area contributed by atoms with Crippen molar-refractivity contribution in [1.82, 2.24) is 14.9 Å². The van der Waals surface area contributed by atoms with Crippen LogP contribution in [0.3, 0.4) is 0 Å². The van der Waals surface area contributed by atoms with Crippen LogP contribution in [0.4, 0.5) is 13.2 Å². The largest absolute Gasteiger partial charge is 0.478 e.